The van der Waals surface area contributed by atoms with Gasteiger partial charge in [-0.25, -0.2) is 5.43 Å². The molecule has 4 heteroatoms. The number of hydrogen-bond acceptors (Lipinski definition) is 4. The van der Waals surface area contributed by atoms with Crippen LogP contribution in [0.4, 0.5) is 0 Å². The first-order valence-corrected chi connectivity index (χ1v) is 6.94. The molecular formula is C16H22N2O2. The van der Waals surface area contributed by atoms with Gasteiger partial charge >= 0.3 is 0 Å². The number of nitrogens with two attached hydrogens (primary N) is 1. The Bertz CT molecular complexity index is 549. The van der Waals surface area contributed by atoms with Crippen LogP contribution in [-0.2, 0) is 6.42 Å². The molecule has 0 fully saturated rings. The number of nitrogens with one attached hydrogen (secondary N) is 1. The van der Waals surface area contributed by atoms with Gasteiger partial charge in [0.2, 0.25) is 0 Å². The Kier molecular flexibility index (Phi) is 4.82. The van der Waals surface area contributed by atoms with Crippen molar-refractivity contribution in [2.24, 2.45) is 5.84 Å². The van der Waals surface area contributed by atoms with Crippen molar-refractivity contribution >= 4 is 0 Å². The molecule has 0 spiro atoms. The fraction of sp³-hybridized carbons (Fsp3) is 0.375. The highest BCUT2D eigenvalue weighted by molar-refractivity contribution is 5.37. The fourth-order valence-corrected chi connectivity index (χ4v) is 2.30. The van der Waals surface area contributed by atoms with Gasteiger partial charge in [0.15, 0.2) is 0 Å². The van der Waals surface area contributed by atoms with Crippen molar-refractivity contribution in [1.29, 1.82) is 0 Å². The highest BCUT2D eigenvalue weighted by atomic mass is 16.5. The zero-order valence-electron chi connectivity index (χ0n) is 12.2. The summed E-state index contributed by atoms with van der Waals surface area (Å²) in [5, 5.41) is 0. The van der Waals surface area contributed by atoms with E-state index in [-0.39, 0.29) is 12.1 Å². The number of hydrazine groups is 1. The minimum Gasteiger partial charge on any atom is -0.491 e. The Balaban J connectivity index is 2.32. The van der Waals surface area contributed by atoms with E-state index in [0.29, 0.717) is 0 Å². The normalized spacial score (nSPS) is 12.7. The van der Waals surface area contributed by atoms with Crippen LogP contribution in [0.1, 0.15) is 43.7 Å². The van der Waals surface area contributed by atoms with Crippen molar-refractivity contribution in [3.8, 4) is 5.75 Å². The molecule has 3 N–H and O–H groups in total. The first-order valence-electron chi connectivity index (χ1n) is 6.94. The molecule has 1 atom stereocenters. The molecule has 4 nitrogen and oxygen atoms in total. The van der Waals surface area contributed by atoms with Crippen LogP contribution in [0.5, 0.6) is 5.75 Å². The molecule has 1 unspecified atom stereocenters. The lowest BCUT2D eigenvalue weighted by atomic mass is 9.98. The van der Waals surface area contributed by atoms with Gasteiger partial charge in [0.25, 0.3) is 0 Å². The third kappa shape index (κ3) is 3.21. The van der Waals surface area contributed by atoms with Crippen molar-refractivity contribution in [2.45, 2.75) is 39.3 Å². The summed E-state index contributed by atoms with van der Waals surface area (Å²) >= 11 is 0. The van der Waals surface area contributed by atoms with Crippen LogP contribution in [0.3, 0.4) is 0 Å². The lowest BCUT2D eigenvalue weighted by molar-refractivity contribution is 0.242. The first-order chi connectivity index (χ1) is 9.65. The quantitative estimate of drug-likeness (QED) is 0.627. The fourth-order valence-electron chi connectivity index (χ4n) is 2.30. The monoisotopic (exact) mass is 274 g/mol. The summed E-state index contributed by atoms with van der Waals surface area (Å²) in [6.45, 7) is 6.08. The number of benzene rings is 1. The third-order valence-electron chi connectivity index (χ3n) is 3.14. The second-order valence-electron chi connectivity index (χ2n) is 4.99. The molecule has 2 aromatic rings. The molecule has 0 bridgehead atoms. The van der Waals surface area contributed by atoms with E-state index in [4.69, 9.17) is 15.0 Å². The van der Waals surface area contributed by atoms with Gasteiger partial charge in [-0.15, -0.1) is 0 Å². The van der Waals surface area contributed by atoms with Crippen molar-refractivity contribution < 1.29 is 9.15 Å². The zero-order valence-corrected chi connectivity index (χ0v) is 12.2. The topological polar surface area (TPSA) is 60.4 Å². The minimum atomic E-state index is -0.0978. The summed E-state index contributed by atoms with van der Waals surface area (Å²) in [6.07, 6.45) is 2.69. The van der Waals surface area contributed by atoms with Crippen LogP contribution in [0.25, 0.3) is 0 Å². The van der Waals surface area contributed by atoms with E-state index in [9.17, 15) is 0 Å². The number of hydrogen-bond donors (Lipinski definition) is 2. The summed E-state index contributed by atoms with van der Waals surface area (Å²) in [4.78, 5) is 0. The van der Waals surface area contributed by atoms with Gasteiger partial charge < -0.3 is 9.15 Å². The molecule has 0 aliphatic carbocycles. The average Bonchev–Trinajstić information content (AvgIpc) is 2.87. The molecule has 2 rings (SSSR count). The standard InChI is InChI=1S/C16H22N2O2/c1-4-15-14(8-9-19-15)16(18-17)12-6-5-7-13(10-12)20-11(2)3/h5-11,16,18H,4,17H2,1-3H3. The van der Waals surface area contributed by atoms with Crippen molar-refractivity contribution in [3.05, 3.63) is 53.5 Å². The van der Waals surface area contributed by atoms with Gasteiger partial charge in [-0.1, -0.05) is 19.1 Å². The van der Waals surface area contributed by atoms with Crippen molar-refractivity contribution in [2.75, 3.05) is 0 Å². The molecule has 108 valence electrons. The SMILES string of the molecule is CCc1occc1C(NN)c1cccc(OC(C)C)c1. The molecule has 0 saturated carbocycles. The third-order valence-corrected chi connectivity index (χ3v) is 3.14. The van der Waals surface area contributed by atoms with Gasteiger partial charge in [0.1, 0.15) is 11.5 Å². The predicted molar refractivity (Wildman–Crippen MR) is 79.5 cm³/mol. The summed E-state index contributed by atoms with van der Waals surface area (Å²) in [7, 11) is 0. The number of ether oxygens (including phenoxy) is 1. The number of furan rings is 1. The van der Waals surface area contributed by atoms with Crippen LogP contribution in [0, 0.1) is 0 Å². The maximum Gasteiger partial charge on any atom is 0.120 e. The molecule has 0 radical (unpaired) electrons. The van der Waals surface area contributed by atoms with Gasteiger partial charge in [-0.05, 0) is 37.6 Å². The highest BCUT2D eigenvalue weighted by Crippen LogP contribution is 2.28. The van der Waals surface area contributed by atoms with Crippen molar-refractivity contribution in [3.63, 3.8) is 0 Å². The maximum atomic E-state index is 5.74. The average molecular weight is 274 g/mol. The summed E-state index contributed by atoms with van der Waals surface area (Å²) < 4.78 is 11.2. The van der Waals surface area contributed by atoms with Gasteiger partial charge in [-0.3, -0.25) is 5.84 Å². The van der Waals surface area contributed by atoms with Gasteiger partial charge in [-0.2, -0.15) is 0 Å². The lowest BCUT2D eigenvalue weighted by Crippen LogP contribution is -2.29. The maximum absolute atomic E-state index is 5.74. The second-order valence-corrected chi connectivity index (χ2v) is 4.99. The molecule has 20 heavy (non-hydrogen) atoms. The van der Waals surface area contributed by atoms with E-state index in [0.717, 1.165) is 29.1 Å². The van der Waals surface area contributed by atoms with Crippen molar-refractivity contribution in [1.82, 2.24) is 5.43 Å². The summed E-state index contributed by atoms with van der Waals surface area (Å²) in [5.74, 6) is 7.53. The Morgan fingerprint density at radius 2 is 2.10 bits per heavy atom. The summed E-state index contributed by atoms with van der Waals surface area (Å²) in [6, 6.07) is 9.83. The number of rotatable bonds is 6. The largest absolute Gasteiger partial charge is 0.491 e. The molecule has 1 heterocycles. The van der Waals surface area contributed by atoms with E-state index in [1.54, 1.807) is 6.26 Å². The predicted octanol–water partition coefficient (Wildman–Crippen LogP) is 3.18. The Hall–Kier alpha value is -1.78. The minimum absolute atomic E-state index is 0.0978. The van der Waals surface area contributed by atoms with Gasteiger partial charge in [0.05, 0.1) is 18.4 Å². The Labute approximate surface area is 119 Å². The Morgan fingerprint density at radius 1 is 1.30 bits per heavy atom. The summed E-state index contributed by atoms with van der Waals surface area (Å²) in [5.41, 5.74) is 4.98. The van der Waals surface area contributed by atoms with Crippen LogP contribution in [0.2, 0.25) is 0 Å². The van der Waals surface area contributed by atoms with E-state index in [1.165, 1.54) is 0 Å². The first kappa shape index (κ1) is 14.6. The molecule has 0 amide bonds. The van der Waals surface area contributed by atoms with Crippen LogP contribution < -0.4 is 16.0 Å². The van der Waals surface area contributed by atoms with Crippen LogP contribution in [0.15, 0.2) is 41.0 Å². The van der Waals surface area contributed by atoms with Crippen LogP contribution >= 0.6 is 0 Å². The van der Waals surface area contributed by atoms with E-state index in [2.05, 4.69) is 12.3 Å². The number of aryl methyl sites for hydroxylation is 1. The molecule has 0 saturated heterocycles. The molecule has 0 aliphatic heterocycles. The smallest absolute Gasteiger partial charge is 0.120 e. The van der Waals surface area contributed by atoms with E-state index >= 15 is 0 Å². The second kappa shape index (κ2) is 6.59. The molecule has 1 aromatic carbocycles. The lowest BCUT2D eigenvalue weighted by Gasteiger charge is -2.18. The zero-order chi connectivity index (χ0) is 14.5. The van der Waals surface area contributed by atoms with Gasteiger partial charge in [0, 0.05) is 12.0 Å². The van der Waals surface area contributed by atoms with Crippen LogP contribution in [-0.4, -0.2) is 6.10 Å². The van der Waals surface area contributed by atoms with E-state index in [1.807, 2.05) is 44.2 Å². The molecular weight excluding hydrogens is 252 g/mol. The highest BCUT2D eigenvalue weighted by Gasteiger charge is 2.18. The van der Waals surface area contributed by atoms with E-state index < -0.39 is 0 Å². The Morgan fingerprint density at radius 3 is 2.75 bits per heavy atom. The molecule has 1 aromatic heterocycles. The molecule has 0 aliphatic rings.